The Bertz CT molecular complexity index is 1800. The average molecular weight is 592 g/mol. The fourth-order valence-corrected chi connectivity index (χ4v) is 6.10. The highest BCUT2D eigenvalue weighted by Gasteiger charge is 2.20. The number of anilines is 1. The molecule has 0 bridgehead atoms. The second-order valence-corrected chi connectivity index (χ2v) is 11.3. The normalized spacial score (nSPS) is 13.3. The number of fused-ring (bicyclic) bond motifs is 2. The van der Waals surface area contributed by atoms with Crippen molar-refractivity contribution in [2.24, 2.45) is 0 Å². The number of aryl methyl sites for hydroxylation is 2. The molecule has 0 saturated heterocycles. The largest absolute Gasteiger partial charge is 0.496 e. The topological polar surface area (TPSA) is 91.7 Å². The predicted octanol–water partition coefficient (Wildman–Crippen LogP) is 7.70. The summed E-state index contributed by atoms with van der Waals surface area (Å²) in [7, 11) is 2.96. The average Bonchev–Trinajstić information content (AvgIpc) is 3.68. The van der Waals surface area contributed by atoms with Gasteiger partial charge in [-0.25, -0.2) is 9.59 Å². The summed E-state index contributed by atoms with van der Waals surface area (Å²) in [5.41, 5.74) is 6.31. The number of ether oxygens (including phenoxy) is 3. The zero-order chi connectivity index (χ0) is 30.5. The number of hydrogen-bond acceptors (Lipinski definition) is 6. The minimum Gasteiger partial charge on any atom is -0.496 e. The van der Waals surface area contributed by atoms with Crippen LogP contribution in [-0.2, 0) is 28.9 Å². The second-order valence-electron chi connectivity index (χ2n) is 11.3. The van der Waals surface area contributed by atoms with Gasteiger partial charge in [0, 0.05) is 46.8 Å². The molecule has 6 rings (SSSR count). The highest BCUT2D eigenvalue weighted by Crippen LogP contribution is 2.31. The van der Waals surface area contributed by atoms with Gasteiger partial charge in [0.15, 0.2) is 0 Å². The molecule has 3 aromatic carbocycles. The van der Waals surface area contributed by atoms with Crippen molar-refractivity contribution in [1.82, 2.24) is 9.55 Å². The van der Waals surface area contributed by atoms with Crippen LogP contribution in [0.2, 0.25) is 0 Å². The predicted molar refractivity (Wildman–Crippen MR) is 172 cm³/mol. The van der Waals surface area contributed by atoms with Crippen LogP contribution in [0.25, 0.3) is 21.8 Å². The Balaban J connectivity index is 1.26. The van der Waals surface area contributed by atoms with Crippen molar-refractivity contribution < 1.29 is 23.8 Å². The van der Waals surface area contributed by atoms with Crippen molar-refractivity contribution in [2.75, 3.05) is 19.5 Å². The smallest absolute Gasteiger partial charge is 0.411 e. The number of esters is 1. The number of methoxy groups -OCH3 is 2. The van der Waals surface area contributed by atoms with Gasteiger partial charge in [-0.3, -0.25) is 10.3 Å². The van der Waals surface area contributed by atoms with Crippen LogP contribution in [0.1, 0.15) is 59.3 Å². The lowest BCUT2D eigenvalue weighted by molar-refractivity contribution is 0.0600. The highest BCUT2D eigenvalue weighted by atomic mass is 16.6. The molecule has 1 fully saturated rings. The molecule has 1 N–H and O–H groups in total. The maximum atomic E-state index is 12.6. The van der Waals surface area contributed by atoms with Crippen LogP contribution in [0.15, 0.2) is 79.0 Å². The molecule has 226 valence electrons. The van der Waals surface area contributed by atoms with Crippen LogP contribution in [0.3, 0.4) is 0 Å². The molecule has 8 heteroatoms. The van der Waals surface area contributed by atoms with E-state index < -0.39 is 12.1 Å². The van der Waals surface area contributed by atoms with E-state index in [9.17, 15) is 9.59 Å². The number of benzene rings is 3. The van der Waals surface area contributed by atoms with E-state index in [0.29, 0.717) is 23.4 Å². The number of para-hydroxylation sites is 1. The van der Waals surface area contributed by atoms with Gasteiger partial charge in [0.1, 0.15) is 11.9 Å². The molecular formula is C36H37N3O5. The molecule has 1 aliphatic rings. The third-order valence-electron chi connectivity index (χ3n) is 8.36. The standard InChI is InChI=1S/C36H37N3O5/c1-42-34-21-26(35(40)43-2)14-13-25(34)20-27-23-39(19-7-9-28-16-15-24-8-3-6-12-32(24)37-28)33-18-17-29(22-31(27)33)38-36(41)44-30-10-4-5-11-30/h3,6,8,12-18,21-23,30H,4-5,7,9-11,19-20H2,1-2H3,(H,38,41). The van der Waals surface area contributed by atoms with Crippen LogP contribution in [0.4, 0.5) is 10.5 Å². The molecule has 0 atom stereocenters. The Labute approximate surface area is 256 Å². The van der Waals surface area contributed by atoms with Crippen LogP contribution < -0.4 is 10.1 Å². The molecular weight excluding hydrogens is 554 g/mol. The first-order valence-corrected chi connectivity index (χ1v) is 15.2. The minimum absolute atomic E-state index is 0.00658. The van der Waals surface area contributed by atoms with E-state index >= 15 is 0 Å². The molecule has 8 nitrogen and oxygen atoms in total. The number of carbonyl (C=O) groups is 2. The van der Waals surface area contributed by atoms with Crippen molar-refractivity contribution in [3.8, 4) is 5.75 Å². The Hall–Kier alpha value is -4.85. The lowest BCUT2D eigenvalue weighted by atomic mass is 10.0. The number of nitrogens with zero attached hydrogens (tertiary/aromatic N) is 2. The van der Waals surface area contributed by atoms with Gasteiger partial charge in [0.2, 0.25) is 0 Å². The van der Waals surface area contributed by atoms with E-state index in [4.69, 9.17) is 19.2 Å². The van der Waals surface area contributed by atoms with E-state index in [1.165, 1.54) is 7.11 Å². The number of nitrogens with one attached hydrogen (secondary N) is 1. The van der Waals surface area contributed by atoms with Crippen molar-refractivity contribution >= 4 is 39.6 Å². The molecule has 0 unspecified atom stereocenters. The van der Waals surface area contributed by atoms with Crippen LogP contribution in [0.5, 0.6) is 5.75 Å². The summed E-state index contributed by atoms with van der Waals surface area (Å²) in [4.78, 5) is 29.6. The summed E-state index contributed by atoms with van der Waals surface area (Å²) in [6.45, 7) is 0.805. The van der Waals surface area contributed by atoms with Crippen molar-refractivity contribution in [3.05, 3.63) is 101 Å². The monoisotopic (exact) mass is 591 g/mol. The van der Waals surface area contributed by atoms with Gasteiger partial charge in [-0.1, -0.05) is 30.3 Å². The first-order valence-electron chi connectivity index (χ1n) is 15.2. The van der Waals surface area contributed by atoms with E-state index in [1.54, 1.807) is 19.2 Å². The van der Waals surface area contributed by atoms with Crippen molar-refractivity contribution in [1.29, 1.82) is 0 Å². The quantitative estimate of drug-likeness (QED) is 0.167. The van der Waals surface area contributed by atoms with Gasteiger partial charge >= 0.3 is 12.1 Å². The molecule has 2 aromatic heterocycles. The van der Waals surface area contributed by atoms with Gasteiger partial charge in [0.05, 0.1) is 25.3 Å². The maximum absolute atomic E-state index is 12.6. The van der Waals surface area contributed by atoms with Gasteiger partial charge in [-0.05, 0) is 92.1 Å². The van der Waals surface area contributed by atoms with Gasteiger partial charge < -0.3 is 18.8 Å². The molecule has 0 aliphatic heterocycles. The number of aromatic nitrogens is 2. The number of carbonyl (C=O) groups excluding carboxylic acids is 2. The lowest BCUT2D eigenvalue weighted by Gasteiger charge is -2.13. The Morgan fingerprint density at radius 1 is 0.955 bits per heavy atom. The Morgan fingerprint density at radius 3 is 2.61 bits per heavy atom. The molecule has 1 aliphatic carbocycles. The van der Waals surface area contributed by atoms with E-state index in [1.807, 2.05) is 36.4 Å². The van der Waals surface area contributed by atoms with Crippen molar-refractivity contribution in [3.63, 3.8) is 0 Å². The molecule has 1 amide bonds. The Morgan fingerprint density at radius 2 is 1.80 bits per heavy atom. The molecule has 2 heterocycles. The molecule has 0 spiro atoms. The van der Waals surface area contributed by atoms with E-state index in [2.05, 4.69) is 40.3 Å². The van der Waals surface area contributed by atoms with Crippen LogP contribution in [-0.4, -0.2) is 41.9 Å². The fourth-order valence-electron chi connectivity index (χ4n) is 6.10. The molecule has 5 aromatic rings. The number of pyridine rings is 1. The second kappa shape index (κ2) is 13.2. The Kier molecular flexibility index (Phi) is 8.77. The van der Waals surface area contributed by atoms with Crippen LogP contribution in [0, 0.1) is 0 Å². The SMILES string of the molecule is COC(=O)c1ccc(Cc2cn(CCCc3ccc4ccccc4n3)c3ccc(NC(=O)OC4CCCC4)cc23)c(OC)c1. The fraction of sp³-hybridized carbons (Fsp3) is 0.306. The zero-order valence-electron chi connectivity index (χ0n) is 25.2. The molecule has 1 saturated carbocycles. The summed E-state index contributed by atoms with van der Waals surface area (Å²) in [5.74, 6) is 0.207. The summed E-state index contributed by atoms with van der Waals surface area (Å²) >= 11 is 0. The van der Waals surface area contributed by atoms with Gasteiger partial charge in [0.25, 0.3) is 0 Å². The number of amides is 1. The minimum atomic E-state index is -0.416. The third kappa shape index (κ3) is 6.54. The van der Waals surface area contributed by atoms with Crippen molar-refractivity contribution in [2.45, 2.75) is 57.6 Å². The number of hydrogen-bond donors (Lipinski definition) is 1. The van der Waals surface area contributed by atoms with Gasteiger partial charge in [-0.2, -0.15) is 0 Å². The molecule has 44 heavy (non-hydrogen) atoms. The third-order valence-corrected chi connectivity index (χ3v) is 8.36. The van der Waals surface area contributed by atoms with E-state index in [-0.39, 0.29) is 6.10 Å². The lowest BCUT2D eigenvalue weighted by Crippen LogP contribution is -2.20. The van der Waals surface area contributed by atoms with E-state index in [0.717, 1.165) is 83.7 Å². The zero-order valence-corrected chi connectivity index (χ0v) is 25.2. The molecule has 0 radical (unpaired) electrons. The maximum Gasteiger partial charge on any atom is 0.411 e. The van der Waals surface area contributed by atoms with Crippen LogP contribution >= 0.6 is 0 Å². The number of rotatable bonds is 10. The summed E-state index contributed by atoms with van der Waals surface area (Å²) in [6, 6.07) is 23.8. The summed E-state index contributed by atoms with van der Waals surface area (Å²) in [5, 5.41) is 5.11. The summed E-state index contributed by atoms with van der Waals surface area (Å²) < 4.78 is 18.4. The highest BCUT2D eigenvalue weighted by molar-refractivity contribution is 5.93. The van der Waals surface area contributed by atoms with Gasteiger partial charge in [-0.15, -0.1) is 0 Å². The first-order chi connectivity index (χ1) is 21.5. The summed E-state index contributed by atoms with van der Waals surface area (Å²) in [6.07, 6.45) is 8.14. The first kappa shape index (κ1) is 29.2.